The van der Waals surface area contributed by atoms with Crippen LogP contribution in [0.15, 0.2) is 24.3 Å². The van der Waals surface area contributed by atoms with Crippen molar-refractivity contribution in [3.8, 4) is 0 Å². The van der Waals surface area contributed by atoms with Crippen LogP contribution in [0.25, 0.3) is 0 Å². The van der Waals surface area contributed by atoms with Crippen molar-refractivity contribution in [2.24, 2.45) is 11.7 Å². The summed E-state index contributed by atoms with van der Waals surface area (Å²) in [6.45, 7) is 1.04. The van der Waals surface area contributed by atoms with Crippen LogP contribution in [-0.4, -0.2) is 35.6 Å². The van der Waals surface area contributed by atoms with Crippen molar-refractivity contribution < 1.29 is 14.4 Å². The molecule has 0 spiro atoms. The number of hydrogen-bond acceptors (Lipinski definition) is 3. The first-order chi connectivity index (χ1) is 10.5. The first-order valence-electron chi connectivity index (χ1n) is 7.34. The number of primary amides is 1. The molecule has 2 N–H and O–H groups in total. The van der Waals surface area contributed by atoms with Crippen LogP contribution in [0.3, 0.4) is 0 Å². The Morgan fingerprint density at radius 1 is 1.14 bits per heavy atom. The summed E-state index contributed by atoms with van der Waals surface area (Å²) in [5.41, 5.74) is 5.71. The zero-order valence-electron chi connectivity index (χ0n) is 12.3. The molecule has 0 bridgehead atoms. The predicted octanol–water partition coefficient (Wildman–Crippen LogP) is 2.03. The molecule has 6 heteroatoms. The van der Waals surface area contributed by atoms with E-state index in [0.29, 0.717) is 36.5 Å². The molecule has 0 aliphatic carbocycles. The number of nitrogens with zero attached hydrogens (tertiary/aromatic N) is 1. The molecule has 1 saturated heterocycles. The molecule has 0 saturated carbocycles. The average Bonchev–Trinajstić information content (AvgIpc) is 2.52. The second-order valence-electron chi connectivity index (χ2n) is 5.46. The van der Waals surface area contributed by atoms with E-state index in [-0.39, 0.29) is 36.4 Å². The van der Waals surface area contributed by atoms with Gasteiger partial charge in [0.15, 0.2) is 5.78 Å². The van der Waals surface area contributed by atoms with Gasteiger partial charge in [0, 0.05) is 37.4 Å². The molecule has 118 valence electrons. The lowest BCUT2D eigenvalue weighted by Crippen LogP contribution is -2.41. The average molecular weight is 323 g/mol. The fraction of sp³-hybridized carbons (Fsp3) is 0.438. The summed E-state index contributed by atoms with van der Waals surface area (Å²) < 4.78 is 0. The van der Waals surface area contributed by atoms with E-state index < -0.39 is 0 Å². The molecule has 0 radical (unpaired) electrons. The number of amides is 2. The maximum absolute atomic E-state index is 12.1. The van der Waals surface area contributed by atoms with Gasteiger partial charge in [0.2, 0.25) is 11.8 Å². The van der Waals surface area contributed by atoms with Crippen molar-refractivity contribution in [3.05, 3.63) is 34.9 Å². The second-order valence-corrected chi connectivity index (χ2v) is 5.87. The highest BCUT2D eigenvalue weighted by atomic mass is 35.5. The summed E-state index contributed by atoms with van der Waals surface area (Å²) in [5.74, 6) is -0.649. The first-order valence-corrected chi connectivity index (χ1v) is 7.71. The van der Waals surface area contributed by atoms with E-state index >= 15 is 0 Å². The molecular formula is C16H19ClN2O3. The Morgan fingerprint density at radius 3 is 2.36 bits per heavy atom. The van der Waals surface area contributed by atoms with Gasteiger partial charge < -0.3 is 10.6 Å². The van der Waals surface area contributed by atoms with Gasteiger partial charge >= 0.3 is 0 Å². The first kappa shape index (κ1) is 16.5. The lowest BCUT2D eigenvalue weighted by molar-refractivity contribution is -0.134. The maximum Gasteiger partial charge on any atom is 0.223 e. The fourth-order valence-corrected chi connectivity index (χ4v) is 2.86. The van der Waals surface area contributed by atoms with Gasteiger partial charge in [0.1, 0.15) is 0 Å². The highest BCUT2D eigenvalue weighted by Crippen LogP contribution is 2.20. The van der Waals surface area contributed by atoms with Crippen LogP contribution >= 0.6 is 11.6 Å². The third-order valence-corrected chi connectivity index (χ3v) is 4.32. The Kier molecular flexibility index (Phi) is 5.55. The molecule has 1 aliphatic heterocycles. The van der Waals surface area contributed by atoms with Crippen molar-refractivity contribution in [2.45, 2.75) is 25.7 Å². The highest BCUT2D eigenvalue weighted by Gasteiger charge is 2.26. The molecule has 1 aromatic rings. The summed E-state index contributed by atoms with van der Waals surface area (Å²) >= 11 is 5.97. The number of likely N-dealkylation sites (tertiary alicyclic amines) is 1. The molecule has 0 unspecified atom stereocenters. The van der Waals surface area contributed by atoms with E-state index in [9.17, 15) is 14.4 Å². The Hall–Kier alpha value is -1.88. The summed E-state index contributed by atoms with van der Waals surface area (Å²) in [5, 5.41) is 0.405. The van der Waals surface area contributed by atoms with E-state index in [1.165, 1.54) is 0 Å². The van der Waals surface area contributed by atoms with Crippen molar-refractivity contribution >= 4 is 29.2 Å². The molecule has 0 atom stereocenters. The molecule has 22 heavy (non-hydrogen) atoms. The van der Waals surface area contributed by atoms with Crippen LogP contribution in [0.4, 0.5) is 0 Å². The van der Waals surface area contributed by atoms with Crippen LogP contribution < -0.4 is 5.73 Å². The van der Waals surface area contributed by atoms with Gasteiger partial charge in [-0.15, -0.1) is 0 Å². The molecule has 2 rings (SSSR count). The van der Waals surface area contributed by atoms with Gasteiger partial charge in [-0.05, 0) is 25.0 Å². The Balaban J connectivity index is 1.82. The monoisotopic (exact) mass is 322 g/mol. The van der Waals surface area contributed by atoms with E-state index in [0.717, 1.165) is 0 Å². The smallest absolute Gasteiger partial charge is 0.223 e. The molecule has 1 fully saturated rings. The van der Waals surface area contributed by atoms with Gasteiger partial charge in [-0.1, -0.05) is 23.7 Å². The predicted molar refractivity (Wildman–Crippen MR) is 83.5 cm³/mol. The molecular weight excluding hydrogens is 304 g/mol. The summed E-state index contributed by atoms with van der Waals surface area (Å²) in [4.78, 5) is 37.0. The standard InChI is InChI=1S/C16H19ClN2O3/c17-13-4-2-1-3-12(13)14(20)5-6-15(21)19-9-7-11(8-10-19)16(18)22/h1-4,11H,5-10H2,(H2,18,22). The van der Waals surface area contributed by atoms with Crippen molar-refractivity contribution in [1.82, 2.24) is 4.90 Å². The van der Waals surface area contributed by atoms with Crippen molar-refractivity contribution in [1.29, 1.82) is 0 Å². The number of nitrogens with two attached hydrogens (primary N) is 1. The number of hydrogen-bond donors (Lipinski definition) is 1. The van der Waals surface area contributed by atoms with Gasteiger partial charge in [-0.25, -0.2) is 0 Å². The Bertz CT molecular complexity index is 581. The van der Waals surface area contributed by atoms with Crippen LogP contribution in [0.2, 0.25) is 5.02 Å². The third kappa shape index (κ3) is 4.07. The minimum absolute atomic E-state index is 0.0664. The summed E-state index contributed by atoms with van der Waals surface area (Å²) in [7, 11) is 0. The van der Waals surface area contributed by atoms with Gasteiger partial charge in [0.25, 0.3) is 0 Å². The van der Waals surface area contributed by atoms with E-state index in [4.69, 9.17) is 17.3 Å². The molecule has 1 aromatic carbocycles. The number of benzene rings is 1. The summed E-state index contributed by atoms with van der Waals surface area (Å²) in [6, 6.07) is 6.82. The normalized spacial score (nSPS) is 15.6. The zero-order chi connectivity index (χ0) is 16.1. The molecule has 1 heterocycles. The number of carbonyl (C=O) groups excluding carboxylic acids is 3. The second kappa shape index (κ2) is 7.40. The maximum atomic E-state index is 12.1. The number of carbonyl (C=O) groups is 3. The Labute approximate surface area is 134 Å². The van der Waals surface area contributed by atoms with Gasteiger partial charge in [-0.3, -0.25) is 14.4 Å². The van der Waals surface area contributed by atoms with E-state index in [1.54, 1.807) is 29.2 Å². The zero-order valence-corrected chi connectivity index (χ0v) is 13.0. The van der Waals surface area contributed by atoms with E-state index in [2.05, 4.69) is 0 Å². The number of Topliss-reactive ketones (excluding diaryl/α,β-unsaturated/α-hetero) is 1. The van der Waals surface area contributed by atoms with E-state index in [1.807, 2.05) is 0 Å². The largest absolute Gasteiger partial charge is 0.369 e. The summed E-state index contributed by atoms with van der Waals surface area (Å²) in [6.07, 6.45) is 1.49. The van der Waals surface area contributed by atoms with Crippen molar-refractivity contribution in [2.75, 3.05) is 13.1 Å². The third-order valence-electron chi connectivity index (χ3n) is 3.99. The number of halogens is 1. The lowest BCUT2D eigenvalue weighted by atomic mass is 9.96. The minimum atomic E-state index is -0.305. The highest BCUT2D eigenvalue weighted by molar-refractivity contribution is 6.34. The number of rotatable bonds is 5. The van der Waals surface area contributed by atoms with Crippen LogP contribution in [0.5, 0.6) is 0 Å². The van der Waals surface area contributed by atoms with Gasteiger partial charge in [-0.2, -0.15) is 0 Å². The van der Waals surface area contributed by atoms with Gasteiger partial charge in [0.05, 0.1) is 5.02 Å². The Morgan fingerprint density at radius 2 is 1.77 bits per heavy atom. The van der Waals surface area contributed by atoms with Crippen LogP contribution in [0, 0.1) is 5.92 Å². The SMILES string of the molecule is NC(=O)C1CCN(C(=O)CCC(=O)c2ccccc2Cl)CC1. The molecule has 1 aliphatic rings. The van der Waals surface area contributed by atoms with Crippen molar-refractivity contribution in [3.63, 3.8) is 0 Å². The lowest BCUT2D eigenvalue weighted by Gasteiger charge is -2.30. The molecule has 0 aromatic heterocycles. The minimum Gasteiger partial charge on any atom is -0.369 e. The fourth-order valence-electron chi connectivity index (χ4n) is 2.61. The quantitative estimate of drug-likeness (QED) is 0.842. The topological polar surface area (TPSA) is 80.5 Å². The number of piperidine rings is 1. The van der Waals surface area contributed by atoms with Crippen LogP contribution in [-0.2, 0) is 9.59 Å². The molecule has 2 amide bonds. The number of ketones is 1. The van der Waals surface area contributed by atoms with Crippen LogP contribution in [0.1, 0.15) is 36.0 Å². The molecule has 5 nitrogen and oxygen atoms in total.